The number of alkyl halides is 2. The molecule has 1 aliphatic rings. The number of hydrogen-bond donors (Lipinski definition) is 1. The Balaban J connectivity index is 2.38. The maximum Gasteiger partial charge on any atom is 0.264 e. The number of carbonyl (C=O) groups excluding carboxylic acids is 1. The highest BCUT2D eigenvalue weighted by Crippen LogP contribution is 2.32. The van der Waals surface area contributed by atoms with Gasteiger partial charge in [0.2, 0.25) is 4.33 Å². The van der Waals surface area contributed by atoms with Crippen molar-refractivity contribution in [1.82, 2.24) is 0 Å². The van der Waals surface area contributed by atoms with Gasteiger partial charge in [-0.05, 0) is 12.1 Å². The number of amides is 1. The summed E-state index contributed by atoms with van der Waals surface area (Å²) in [6.07, 6.45) is 0. The molecular formula is C9H7Cl2NO2. The summed E-state index contributed by atoms with van der Waals surface area (Å²) < 4.78 is 3.76. The zero-order valence-electron chi connectivity index (χ0n) is 7.09. The summed E-state index contributed by atoms with van der Waals surface area (Å²) >= 11 is 11.5. The van der Waals surface area contributed by atoms with E-state index < -0.39 is 10.2 Å². The van der Waals surface area contributed by atoms with Gasteiger partial charge in [0.25, 0.3) is 5.91 Å². The number of ether oxygens (including phenoxy) is 1. The second kappa shape index (κ2) is 3.33. The molecule has 0 aromatic heterocycles. The van der Waals surface area contributed by atoms with Crippen molar-refractivity contribution in [1.29, 1.82) is 0 Å². The van der Waals surface area contributed by atoms with Crippen LogP contribution in [-0.2, 0) is 4.79 Å². The van der Waals surface area contributed by atoms with Gasteiger partial charge in [-0.1, -0.05) is 35.3 Å². The summed E-state index contributed by atoms with van der Waals surface area (Å²) in [6, 6.07) is 7.06. The second-order valence-corrected chi connectivity index (χ2v) is 4.43. The van der Waals surface area contributed by atoms with Crippen molar-refractivity contribution in [3.8, 4) is 5.75 Å². The van der Waals surface area contributed by atoms with E-state index in [1.54, 1.807) is 24.3 Å². The number of para-hydroxylation sites is 2. The molecule has 74 valence electrons. The molecule has 0 fully saturated rings. The normalized spacial score (nSPS) is 18.9. The maximum absolute atomic E-state index is 11.4. The fourth-order valence-electron chi connectivity index (χ4n) is 1.14. The lowest BCUT2D eigenvalue weighted by atomic mass is 10.3. The molecule has 0 saturated carbocycles. The summed E-state index contributed by atoms with van der Waals surface area (Å²) in [5.74, 6) is 0.106. The van der Waals surface area contributed by atoms with Crippen LogP contribution in [0.4, 0.5) is 5.69 Å². The average molecular weight is 232 g/mol. The SMILES string of the molecule is O=C1Nc2ccccc2OCC1(Cl)Cl. The summed E-state index contributed by atoms with van der Waals surface area (Å²) in [4.78, 5) is 11.4. The molecule has 0 radical (unpaired) electrons. The zero-order chi connectivity index (χ0) is 10.2. The Morgan fingerprint density at radius 3 is 2.86 bits per heavy atom. The van der Waals surface area contributed by atoms with Gasteiger partial charge in [0, 0.05) is 0 Å². The van der Waals surface area contributed by atoms with Gasteiger partial charge >= 0.3 is 0 Å². The molecule has 0 aliphatic carbocycles. The standard InChI is InChI=1S/C9H7Cl2NO2/c10-9(11)5-14-7-4-2-1-3-6(7)12-8(9)13/h1-4H,5H2,(H,12,13). The Hall–Kier alpha value is -0.930. The zero-order valence-corrected chi connectivity index (χ0v) is 8.60. The van der Waals surface area contributed by atoms with E-state index >= 15 is 0 Å². The van der Waals surface area contributed by atoms with Gasteiger partial charge < -0.3 is 10.1 Å². The van der Waals surface area contributed by atoms with Crippen molar-refractivity contribution >= 4 is 34.8 Å². The van der Waals surface area contributed by atoms with Crippen LogP contribution in [0.2, 0.25) is 0 Å². The molecule has 0 atom stereocenters. The van der Waals surface area contributed by atoms with E-state index in [2.05, 4.69) is 5.32 Å². The molecule has 1 amide bonds. The maximum atomic E-state index is 11.4. The molecule has 2 rings (SSSR count). The topological polar surface area (TPSA) is 38.3 Å². The molecule has 0 saturated heterocycles. The molecule has 0 unspecified atom stereocenters. The van der Waals surface area contributed by atoms with E-state index in [1.165, 1.54) is 0 Å². The highest BCUT2D eigenvalue weighted by atomic mass is 35.5. The van der Waals surface area contributed by atoms with Crippen molar-refractivity contribution in [2.75, 3.05) is 11.9 Å². The number of fused-ring (bicyclic) bond motifs is 1. The number of halogens is 2. The smallest absolute Gasteiger partial charge is 0.264 e. The van der Waals surface area contributed by atoms with Crippen LogP contribution in [0.1, 0.15) is 0 Å². The van der Waals surface area contributed by atoms with Crippen LogP contribution < -0.4 is 10.1 Å². The average Bonchev–Trinajstić information content (AvgIpc) is 2.26. The molecular weight excluding hydrogens is 225 g/mol. The van der Waals surface area contributed by atoms with Gasteiger partial charge in [0.15, 0.2) is 0 Å². The third-order valence-corrected chi connectivity index (χ3v) is 2.44. The van der Waals surface area contributed by atoms with Crippen LogP contribution in [0, 0.1) is 0 Å². The van der Waals surface area contributed by atoms with Crippen molar-refractivity contribution in [3.63, 3.8) is 0 Å². The van der Waals surface area contributed by atoms with Gasteiger partial charge in [-0.25, -0.2) is 0 Å². The molecule has 1 aromatic rings. The minimum Gasteiger partial charge on any atom is -0.488 e. The highest BCUT2D eigenvalue weighted by molar-refractivity contribution is 6.59. The first kappa shape index (κ1) is 9.62. The summed E-state index contributed by atoms with van der Waals surface area (Å²) in [7, 11) is 0. The van der Waals surface area contributed by atoms with Gasteiger partial charge in [-0.3, -0.25) is 4.79 Å². The van der Waals surface area contributed by atoms with Crippen LogP contribution in [-0.4, -0.2) is 16.8 Å². The third-order valence-electron chi connectivity index (χ3n) is 1.88. The van der Waals surface area contributed by atoms with E-state index in [9.17, 15) is 4.79 Å². The Morgan fingerprint density at radius 2 is 2.07 bits per heavy atom. The Labute approximate surface area is 91.0 Å². The van der Waals surface area contributed by atoms with Gasteiger partial charge in [-0.15, -0.1) is 0 Å². The minimum atomic E-state index is -1.53. The summed E-state index contributed by atoms with van der Waals surface area (Å²) in [6.45, 7) is -0.0566. The lowest BCUT2D eigenvalue weighted by Crippen LogP contribution is -2.35. The molecule has 14 heavy (non-hydrogen) atoms. The Bertz CT molecular complexity index is 379. The predicted molar refractivity (Wildman–Crippen MR) is 55.0 cm³/mol. The number of rotatable bonds is 0. The second-order valence-electron chi connectivity index (χ2n) is 2.94. The molecule has 0 spiro atoms. The molecule has 3 nitrogen and oxygen atoms in total. The van der Waals surface area contributed by atoms with Crippen molar-refractivity contribution in [2.24, 2.45) is 0 Å². The van der Waals surface area contributed by atoms with Crippen LogP contribution in [0.25, 0.3) is 0 Å². The van der Waals surface area contributed by atoms with Crippen LogP contribution in [0.15, 0.2) is 24.3 Å². The van der Waals surface area contributed by atoms with Crippen LogP contribution >= 0.6 is 23.2 Å². The van der Waals surface area contributed by atoms with Gasteiger partial charge in [0.1, 0.15) is 12.4 Å². The lowest BCUT2D eigenvalue weighted by Gasteiger charge is -2.13. The van der Waals surface area contributed by atoms with E-state index in [4.69, 9.17) is 27.9 Å². The van der Waals surface area contributed by atoms with Crippen molar-refractivity contribution in [2.45, 2.75) is 4.33 Å². The molecule has 1 N–H and O–H groups in total. The van der Waals surface area contributed by atoms with E-state index in [-0.39, 0.29) is 6.61 Å². The van der Waals surface area contributed by atoms with E-state index in [0.717, 1.165) is 0 Å². The van der Waals surface area contributed by atoms with E-state index in [0.29, 0.717) is 11.4 Å². The summed E-state index contributed by atoms with van der Waals surface area (Å²) in [5.41, 5.74) is 0.584. The van der Waals surface area contributed by atoms with Gasteiger partial charge in [-0.2, -0.15) is 0 Å². The van der Waals surface area contributed by atoms with Crippen LogP contribution in [0.3, 0.4) is 0 Å². The number of anilines is 1. The Kier molecular flexibility index (Phi) is 2.29. The van der Waals surface area contributed by atoms with Crippen molar-refractivity contribution in [3.05, 3.63) is 24.3 Å². The number of carbonyl (C=O) groups is 1. The minimum absolute atomic E-state index is 0.0566. The fourth-order valence-corrected chi connectivity index (χ4v) is 1.35. The predicted octanol–water partition coefficient (Wildman–Crippen LogP) is 2.19. The first-order chi connectivity index (χ1) is 6.59. The molecule has 0 bridgehead atoms. The van der Waals surface area contributed by atoms with Crippen molar-refractivity contribution < 1.29 is 9.53 Å². The first-order valence-corrected chi connectivity index (χ1v) is 4.76. The monoisotopic (exact) mass is 231 g/mol. The van der Waals surface area contributed by atoms with Crippen LogP contribution in [0.5, 0.6) is 5.75 Å². The molecule has 1 heterocycles. The molecule has 1 aromatic carbocycles. The summed E-state index contributed by atoms with van der Waals surface area (Å²) in [5, 5.41) is 2.58. The van der Waals surface area contributed by atoms with E-state index in [1.807, 2.05) is 0 Å². The van der Waals surface area contributed by atoms with Gasteiger partial charge in [0.05, 0.1) is 5.69 Å². The number of hydrogen-bond acceptors (Lipinski definition) is 2. The lowest BCUT2D eigenvalue weighted by molar-refractivity contribution is -0.117. The molecule has 1 aliphatic heterocycles. The largest absolute Gasteiger partial charge is 0.488 e. The first-order valence-electron chi connectivity index (χ1n) is 4.01. The molecule has 5 heteroatoms. The number of nitrogens with one attached hydrogen (secondary N) is 1. The fraction of sp³-hybridized carbons (Fsp3) is 0.222. The highest BCUT2D eigenvalue weighted by Gasteiger charge is 2.37. The Morgan fingerprint density at radius 1 is 1.36 bits per heavy atom. The third kappa shape index (κ3) is 1.65. The quantitative estimate of drug-likeness (QED) is 0.696. The number of benzene rings is 1.